The van der Waals surface area contributed by atoms with Gasteiger partial charge in [0.1, 0.15) is 10.5 Å². The van der Waals surface area contributed by atoms with Gasteiger partial charge in [-0.2, -0.15) is 0 Å². The summed E-state index contributed by atoms with van der Waals surface area (Å²) in [6.07, 6.45) is 0. The van der Waals surface area contributed by atoms with E-state index in [1.165, 1.54) is 11.3 Å². The molecule has 7 heteroatoms. The predicted octanol–water partition coefficient (Wildman–Crippen LogP) is 0.652. The summed E-state index contributed by atoms with van der Waals surface area (Å²) in [4.78, 5) is 21.2. The molecule has 0 unspecified atom stereocenters. The molecule has 0 fully saturated rings. The van der Waals surface area contributed by atoms with Gasteiger partial charge in [0.25, 0.3) is 5.56 Å². The van der Waals surface area contributed by atoms with Crippen molar-refractivity contribution >= 4 is 21.6 Å². The van der Waals surface area contributed by atoms with E-state index in [9.17, 15) is 4.79 Å². The summed E-state index contributed by atoms with van der Waals surface area (Å²) in [5, 5.41) is 5.17. The molecule has 2 rings (SSSR count). The Morgan fingerprint density at radius 1 is 1.50 bits per heavy atom. The molecule has 2 N–H and O–H groups in total. The van der Waals surface area contributed by atoms with Gasteiger partial charge in [-0.1, -0.05) is 0 Å². The maximum atomic E-state index is 11.8. The molecule has 0 radical (unpaired) electrons. The van der Waals surface area contributed by atoms with Crippen LogP contribution in [0.3, 0.4) is 0 Å². The van der Waals surface area contributed by atoms with Crippen molar-refractivity contribution in [3.05, 3.63) is 27.6 Å². The van der Waals surface area contributed by atoms with Crippen molar-refractivity contribution in [1.82, 2.24) is 20.2 Å². The van der Waals surface area contributed by atoms with E-state index in [0.717, 1.165) is 31.8 Å². The summed E-state index contributed by atoms with van der Waals surface area (Å²) in [6, 6.07) is 1.87. The summed E-state index contributed by atoms with van der Waals surface area (Å²) < 4.78 is 5.71. The van der Waals surface area contributed by atoms with Gasteiger partial charge in [-0.3, -0.25) is 4.79 Å². The standard InChI is InChI=1S/C13H20N4O2S/c1-17(6-7-19-2)5-4-14-9-11-15-10-3-8-20-12(10)13(18)16-11/h3,8,14H,4-7,9H2,1-2H3,(H,15,16,18). The molecule has 0 atom stereocenters. The Labute approximate surface area is 121 Å². The molecule has 0 aliphatic carbocycles. The fourth-order valence-electron chi connectivity index (χ4n) is 1.84. The molecule has 20 heavy (non-hydrogen) atoms. The summed E-state index contributed by atoms with van der Waals surface area (Å²) in [7, 11) is 3.76. The topological polar surface area (TPSA) is 70.2 Å². The lowest BCUT2D eigenvalue weighted by Crippen LogP contribution is -2.31. The van der Waals surface area contributed by atoms with Gasteiger partial charge in [-0.15, -0.1) is 11.3 Å². The molecule has 0 spiro atoms. The van der Waals surface area contributed by atoms with Crippen molar-refractivity contribution in [2.24, 2.45) is 0 Å². The van der Waals surface area contributed by atoms with Crippen LogP contribution in [-0.4, -0.2) is 55.3 Å². The lowest BCUT2D eigenvalue weighted by molar-refractivity contribution is 0.161. The molecule has 2 heterocycles. The SMILES string of the molecule is COCCN(C)CCNCc1nc2ccsc2c(=O)[nH]1. The van der Waals surface area contributed by atoms with Gasteiger partial charge in [0.2, 0.25) is 0 Å². The lowest BCUT2D eigenvalue weighted by Gasteiger charge is -2.15. The third-order valence-corrected chi connectivity index (χ3v) is 3.91. The first-order valence-corrected chi connectivity index (χ1v) is 7.43. The quantitative estimate of drug-likeness (QED) is 0.700. The number of methoxy groups -OCH3 is 1. The number of ether oxygens (including phenoxy) is 1. The van der Waals surface area contributed by atoms with Crippen LogP contribution < -0.4 is 10.9 Å². The minimum atomic E-state index is -0.0565. The van der Waals surface area contributed by atoms with Crippen LogP contribution in [0.5, 0.6) is 0 Å². The molecule has 0 aliphatic rings. The summed E-state index contributed by atoms with van der Waals surface area (Å²) in [6.45, 7) is 3.98. The number of hydrogen-bond acceptors (Lipinski definition) is 6. The zero-order chi connectivity index (χ0) is 14.4. The van der Waals surface area contributed by atoms with Crippen molar-refractivity contribution in [2.75, 3.05) is 40.4 Å². The van der Waals surface area contributed by atoms with Gasteiger partial charge in [0.05, 0.1) is 18.7 Å². The Balaban J connectivity index is 1.79. The smallest absolute Gasteiger partial charge is 0.268 e. The van der Waals surface area contributed by atoms with Crippen LogP contribution in [0.1, 0.15) is 5.82 Å². The monoisotopic (exact) mass is 296 g/mol. The number of rotatable bonds is 8. The molecular weight excluding hydrogens is 276 g/mol. The fourth-order valence-corrected chi connectivity index (χ4v) is 2.57. The molecule has 6 nitrogen and oxygen atoms in total. The average Bonchev–Trinajstić information content (AvgIpc) is 2.90. The zero-order valence-electron chi connectivity index (χ0n) is 11.8. The number of nitrogens with one attached hydrogen (secondary N) is 2. The van der Waals surface area contributed by atoms with E-state index in [4.69, 9.17) is 4.74 Å². The van der Waals surface area contributed by atoms with Crippen LogP contribution in [0.4, 0.5) is 0 Å². The second-order valence-electron chi connectivity index (χ2n) is 4.62. The van der Waals surface area contributed by atoms with Crippen molar-refractivity contribution in [3.8, 4) is 0 Å². The highest BCUT2D eigenvalue weighted by Crippen LogP contribution is 2.13. The van der Waals surface area contributed by atoms with Gasteiger partial charge in [0.15, 0.2) is 0 Å². The van der Waals surface area contributed by atoms with E-state index < -0.39 is 0 Å². The van der Waals surface area contributed by atoms with E-state index in [-0.39, 0.29) is 5.56 Å². The van der Waals surface area contributed by atoms with E-state index in [2.05, 4.69) is 27.2 Å². The molecular formula is C13H20N4O2S. The Morgan fingerprint density at radius 3 is 3.15 bits per heavy atom. The van der Waals surface area contributed by atoms with E-state index in [1.54, 1.807) is 7.11 Å². The van der Waals surface area contributed by atoms with Crippen LogP contribution in [0, 0.1) is 0 Å². The highest BCUT2D eigenvalue weighted by Gasteiger charge is 2.04. The van der Waals surface area contributed by atoms with Crippen LogP contribution in [0.15, 0.2) is 16.2 Å². The molecule has 0 saturated carbocycles. The Bertz CT molecular complexity index is 595. The summed E-state index contributed by atoms with van der Waals surface area (Å²) in [5.41, 5.74) is 0.715. The number of nitrogens with zero attached hydrogens (tertiary/aromatic N) is 2. The van der Waals surface area contributed by atoms with E-state index >= 15 is 0 Å². The molecule has 2 aromatic heterocycles. The molecule has 0 saturated heterocycles. The number of H-pyrrole nitrogens is 1. The normalized spacial score (nSPS) is 11.6. The first-order chi connectivity index (χ1) is 9.70. The van der Waals surface area contributed by atoms with Gasteiger partial charge >= 0.3 is 0 Å². The molecule has 0 bridgehead atoms. The summed E-state index contributed by atoms with van der Waals surface area (Å²) >= 11 is 1.42. The van der Waals surface area contributed by atoms with Crippen molar-refractivity contribution in [2.45, 2.75) is 6.54 Å². The Kier molecular flexibility index (Phi) is 5.66. The zero-order valence-corrected chi connectivity index (χ0v) is 12.6. The number of fused-ring (bicyclic) bond motifs is 1. The predicted molar refractivity (Wildman–Crippen MR) is 81.3 cm³/mol. The van der Waals surface area contributed by atoms with Crippen molar-refractivity contribution in [3.63, 3.8) is 0 Å². The van der Waals surface area contributed by atoms with E-state index in [1.807, 2.05) is 11.4 Å². The molecule has 2 aromatic rings. The minimum Gasteiger partial charge on any atom is -0.383 e. The largest absolute Gasteiger partial charge is 0.383 e. The van der Waals surface area contributed by atoms with Crippen molar-refractivity contribution in [1.29, 1.82) is 0 Å². The molecule has 0 amide bonds. The minimum absolute atomic E-state index is 0.0565. The van der Waals surface area contributed by atoms with Gasteiger partial charge in [0, 0.05) is 26.7 Å². The number of thiophene rings is 1. The first kappa shape index (κ1) is 15.1. The van der Waals surface area contributed by atoms with Gasteiger partial charge in [-0.05, 0) is 18.5 Å². The third-order valence-electron chi connectivity index (χ3n) is 3.00. The van der Waals surface area contributed by atoms with Gasteiger partial charge in [-0.25, -0.2) is 4.98 Å². The van der Waals surface area contributed by atoms with E-state index in [0.29, 0.717) is 17.1 Å². The highest BCUT2D eigenvalue weighted by atomic mass is 32.1. The van der Waals surface area contributed by atoms with Gasteiger partial charge < -0.3 is 19.9 Å². The van der Waals surface area contributed by atoms with Crippen LogP contribution in [-0.2, 0) is 11.3 Å². The number of likely N-dealkylation sites (N-methyl/N-ethyl adjacent to an activating group) is 1. The Hall–Kier alpha value is -1.28. The summed E-state index contributed by atoms with van der Waals surface area (Å²) in [5.74, 6) is 0.681. The van der Waals surface area contributed by atoms with Crippen LogP contribution in [0.25, 0.3) is 10.2 Å². The fraction of sp³-hybridized carbons (Fsp3) is 0.538. The maximum Gasteiger partial charge on any atom is 0.268 e. The molecule has 0 aromatic carbocycles. The van der Waals surface area contributed by atoms with Crippen LogP contribution >= 0.6 is 11.3 Å². The Morgan fingerprint density at radius 2 is 2.35 bits per heavy atom. The second-order valence-corrected chi connectivity index (χ2v) is 5.54. The maximum absolute atomic E-state index is 11.8. The van der Waals surface area contributed by atoms with Crippen molar-refractivity contribution < 1.29 is 4.74 Å². The number of hydrogen-bond donors (Lipinski definition) is 2. The molecule has 110 valence electrons. The number of aromatic nitrogens is 2. The second kappa shape index (κ2) is 7.49. The molecule has 0 aliphatic heterocycles. The number of aromatic amines is 1. The van der Waals surface area contributed by atoms with Crippen LogP contribution in [0.2, 0.25) is 0 Å². The highest BCUT2D eigenvalue weighted by molar-refractivity contribution is 7.17. The first-order valence-electron chi connectivity index (χ1n) is 6.55. The average molecular weight is 296 g/mol. The third kappa shape index (κ3) is 4.11. The lowest BCUT2D eigenvalue weighted by atomic mass is 10.4.